The summed E-state index contributed by atoms with van der Waals surface area (Å²) in [7, 11) is -2.47. The van der Waals surface area contributed by atoms with E-state index < -0.39 is 16.0 Å². The molecule has 0 fully saturated rings. The molecule has 0 aromatic heterocycles. The zero-order chi connectivity index (χ0) is 16.3. The van der Waals surface area contributed by atoms with E-state index in [-0.39, 0.29) is 10.5 Å². The lowest BCUT2D eigenvalue weighted by Gasteiger charge is -2.12. The van der Waals surface area contributed by atoms with E-state index in [2.05, 4.69) is 4.72 Å². The minimum Gasteiger partial charge on any atom is -0.495 e. The van der Waals surface area contributed by atoms with Crippen molar-refractivity contribution < 1.29 is 23.1 Å². The van der Waals surface area contributed by atoms with Crippen LogP contribution in [-0.2, 0) is 10.0 Å². The quantitative estimate of drug-likeness (QED) is 0.882. The molecule has 0 spiro atoms. The number of carboxylic acids is 1. The lowest BCUT2D eigenvalue weighted by molar-refractivity contribution is 0.0696. The van der Waals surface area contributed by atoms with Gasteiger partial charge in [0.15, 0.2) is 0 Å². The fraction of sp³-hybridized carbons (Fsp3) is 0.133. The first-order chi connectivity index (χ1) is 10.3. The molecule has 2 aromatic carbocycles. The molecule has 0 saturated carbocycles. The number of aryl methyl sites for hydroxylation is 1. The maximum absolute atomic E-state index is 12.4. The van der Waals surface area contributed by atoms with Crippen molar-refractivity contribution in [2.45, 2.75) is 11.8 Å². The van der Waals surface area contributed by atoms with Crippen LogP contribution in [0.15, 0.2) is 47.4 Å². The Morgan fingerprint density at radius 1 is 1.18 bits per heavy atom. The van der Waals surface area contributed by atoms with Crippen LogP contribution in [0, 0.1) is 6.92 Å². The van der Waals surface area contributed by atoms with E-state index in [9.17, 15) is 13.2 Å². The number of rotatable bonds is 5. The van der Waals surface area contributed by atoms with Gasteiger partial charge >= 0.3 is 5.97 Å². The summed E-state index contributed by atoms with van der Waals surface area (Å²) >= 11 is 0. The number of methoxy groups -OCH3 is 1. The maximum Gasteiger partial charge on any atom is 0.335 e. The molecular weight excluding hydrogens is 306 g/mol. The van der Waals surface area contributed by atoms with Crippen LogP contribution in [-0.4, -0.2) is 26.6 Å². The van der Waals surface area contributed by atoms with Crippen LogP contribution in [0.2, 0.25) is 0 Å². The number of anilines is 1. The predicted molar refractivity (Wildman–Crippen MR) is 81.9 cm³/mol. The number of ether oxygens (including phenoxy) is 1. The molecule has 0 heterocycles. The van der Waals surface area contributed by atoms with Crippen molar-refractivity contribution in [3.63, 3.8) is 0 Å². The number of aromatic carboxylic acids is 1. The lowest BCUT2D eigenvalue weighted by atomic mass is 10.2. The molecule has 6 nitrogen and oxygen atoms in total. The Morgan fingerprint density at radius 3 is 2.55 bits per heavy atom. The molecule has 0 aliphatic carbocycles. The molecule has 0 atom stereocenters. The van der Waals surface area contributed by atoms with Crippen molar-refractivity contribution in [1.82, 2.24) is 0 Å². The molecule has 0 bridgehead atoms. The van der Waals surface area contributed by atoms with Gasteiger partial charge in [0.05, 0.1) is 23.3 Å². The topological polar surface area (TPSA) is 92.7 Å². The predicted octanol–water partition coefficient (Wildman–Crippen LogP) is 2.50. The smallest absolute Gasteiger partial charge is 0.335 e. The fourth-order valence-corrected chi connectivity index (χ4v) is 3.01. The van der Waals surface area contributed by atoms with Crippen molar-refractivity contribution in [2.24, 2.45) is 0 Å². The van der Waals surface area contributed by atoms with Gasteiger partial charge in [-0.1, -0.05) is 12.1 Å². The summed E-state index contributed by atoms with van der Waals surface area (Å²) in [5.74, 6) is -0.811. The first-order valence-corrected chi connectivity index (χ1v) is 7.82. The monoisotopic (exact) mass is 321 g/mol. The first kappa shape index (κ1) is 15.8. The Labute approximate surface area is 128 Å². The van der Waals surface area contributed by atoms with Gasteiger partial charge in [-0.25, -0.2) is 13.2 Å². The Hall–Kier alpha value is -2.54. The highest BCUT2D eigenvalue weighted by atomic mass is 32.2. The van der Waals surface area contributed by atoms with Gasteiger partial charge in [-0.2, -0.15) is 0 Å². The summed E-state index contributed by atoms with van der Waals surface area (Å²) in [5.41, 5.74) is 1.06. The molecule has 2 aromatic rings. The highest BCUT2D eigenvalue weighted by molar-refractivity contribution is 7.92. The van der Waals surface area contributed by atoms with Gasteiger partial charge in [0.1, 0.15) is 5.75 Å². The molecule has 0 aliphatic rings. The molecule has 0 radical (unpaired) electrons. The van der Waals surface area contributed by atoms with E-state index in [0.29, 0.717) is 11.4 Å². The third kappa shape index (κ3) is 3.37. The number of hydrogen-bond acceptors (Lipinski definition) is 4. The third-order valence-corrected chi connectivity index (χ3v) is 4.35. The van der Waals surface area contributed by atoms with Crippen LogP contribution in [0.3, 0.4) is 0 Å². The average Bonchev–Trinajstić information content (AvgIpc) is 2.47. The molecule has 0 amide bonds. The number of nitrogens with one attached hydrogen (secondary N) is 1. The van der Waals surface area contributed by atoms with Crippen molar-refractivity contribution in [3.8, 4) is 5.75 Å². The van der Waals surface area contributed by atoms with Crippen LogP contribution >= 0.6 is 0 Å². The van der Waals surface area contributed by atoms with Gasteiger partial charge in [0.2, 0.25) is 0 Å². The average molecular weight is 321 g/mol. The van der Waals surface area contributed by atoms with Crippen molar-refractivity contribution >= 4 is 21.7 Å². The largest absolute Gasteiger partial charge is 0.495 e. The minimum absolute atomic E-state index is 0.0981. The van der Waals surface area contributed by atoms with E-state index in [1.165, 1.54) is 25.3 Å². The molecule has 2 rings (SSSR count). The van der Waals surface area contributed by atoms with Crippen LogP contribution in [0.1, 0.15) is 15.9 Å². The Morgan fingerprint density at radius 2 is 1.91 bits per heavy atom. The zero-order valence-corrected chi connectivity index (χ0v) is 12.8. The molecule has 7 heteroatoms. The van der Waals surface area contributed by atoms with E-state index in [4.69, 9.17) is 9.84 Å². The summed E-state index contributed by atoms with van der Waals surface area (Å²) in [6, 6.07) is 10.2. The van der Waals surface area contributed by atoms with Crippen molar-refractivity contribution in [3.05, 3.63) is 53.6 Å². The van der Waals surface area contributed by atoms with Gasteiger partial charge in [-0.3, -0.25) is 4.72 Å². The summed E-state index contributed by atoms with van der Waals surface area (Å²) in [6.45, 7) is 1.82. The van der Waals surface area contributed by atoms with E-state index in [1.54, 1.807) is 18.2 Å². The summed E-state index contributed by atoms with van der Waals surface area (Å²) in [6.07, 6.45) is 0. The number of carbonyl (C=O) groups is 1. The zero-order valence-electron chi connectivity index (χ0n) is 12.0. The second kappa shape index (κ2) is 6.07. The highest BCUT2D eigenvalue weighted by Crippen LogP contribution is 2.27. The molecule has 22 heavy (non-hydrogen) atoms. The van der Waals surface area contributed by atoms with Crippen LogP contribution < -0.4 is 9.46 Å². The Kier molecular flexibility index (Phi) is 4.37. The van der Waals surface area contributed by atoms with Gasteiger partial charge in [0.25, 0.3) is 10.0 Å². The summed E-state index contributed by atoms with van der Waals surface area (Å²) in [5, 5.41) is 8.95. The standard InChI is InChI=1S/C15H15NO5S/c1-10-6-7-14(21-2)13(8-10)16-22(19,20)12-5-3-4-11(9-12)15(17)18/h3-9,16H,1-2H3,(H,17,18). The summed E-state index contributed by atoms with van der Waals surface area (Å²) in [4.78, 5) is 10.8. The fourth-order valence-electron chi connectivity index (χ4n) is 1.90. The van der Waals surface area contributed by atoms with Crippen LogP contribution in [0.4, 0.5) is 5.69 Å². The van der Waals surface area contributed by atoms with Crippen LogP contribution in [0.25, 0.3) is 0 Å². The van der Waals surface area contributed by atoms with Gasteiger partial charge in [-0.15, -0.1) is 0 Å². The number of hydrogen-bond donors (Lipinski definition) is 2. The second-order valence-electron chi connectivity index (χ2n) is 4.64. The normalized spacial score (nSPS) is 11.0. The number of sulfonamides is 1. The molecular formula is C15H15NO5S. The maximum atomic E-state index is 12.4. The summed E-state index contributed by atoms with van der Waals surface area (Å²) < 4.78 is 32.3. The first-order valence-electron chi connectivity index (χ1n) is 6.34. The third-order valence-electron chi connectivity index (χ3n) is 2.99. The van der Waals surface area contributed by atoms with Gasteiger partial charge in [-0.05, 0) is 42.8 Å². The molecule has 2 N–H and O–H groups in total. The molecule has 116 valence electrons. The van der Waals surface area contributed by atoms with Gasteiger partial charge < -0.3 is 9.84 Å². The highest BCUT2D eigenvalue weighted by Gasteiger charge is 2.18. The second-order valence-corrected chi connectivity index (χ2v) is 6.32. The van der Waals surface area contributed by atoms with Crippen LogP contribution in [0.5, 0.6) is 5.75 Å². The minimum atomic E-state index is -3.91. The van der Waals surface area contributed by atoms with E-state index in [1.807, 2.05) is 6.92 Å². The van der Waals surface area contributed by atoms with Crippen molar-refractivity contribution in [2.75, 3.05) is 11.8 Å². The molecule has 0 saturated heterocycles. The lowest BCUT2D eigenvalue weighted by Crippen LogP contribution is -2.14. The molecule has 0 unspecified atom stereocenters. The van der Waals surface area contributed by atoms with Crippen molar-refractivity contribution in [1.29, 1.82) is 0 Å². The van der Waals surface area contributed by atoms with E-state index >= 15 is 0 Å². The SMILES string of the molecule is COc1ccc(C)cc1NS(=O)(=O)c1cccc(C(=O)O)c1. The van der Waals surface area contributed by atoms with E-state index in [0.717, 1.165) is 11.6 Å². The number of carboxylic acid groups (broad SMARTS) is 1. The van der Waals surface area contributed by atoms with Gasteiger partial charge in [0, 0.05) is 0 Å². The number of benzene rings is 2. The molecule has 0 aliphatic heterocycles. The Bertz CT molecular complexity index is 814. The Balaban J connectivity index is 2.42.